The number of aromatic nitrogens is 3. The van der Waals surface area contributed by atoms with Gasteiger partial charge in [0.15, 0.2) is 11.5 Å². The highest BCUT2D eigenvalue weighted by Crippen LogP contribution is 2.36. The molecule has 0 radical (unpaired) electrons. The number of phenolic OH excluding ortho intramolecular Hbond substituents is 1. The van der Waals surface area contributed by atoms with Crippen LogP contribution in [0.1, 0.15) is 5.56 Å². The SMILES string of the molecule is COc1ccc2c(c1)[nH]c1c(=O)n(/N=C\c3cc(OC)c(O)c(OC)c3)cnc12. The molecule has 0 amide bonds. The van der Waals surface area contributed by atoms with Crippen LogP contribution in [0.3, 0.4) is 0 Å². The number of methoxy groups -OCH3 is 3. The number of ether oxygens (including phenoxy) is 3. The van der Waals surface area contributed by atoms with Gasteiger partial charge >= 0.3 is 0 Å². The van der Waals surface area contributed by atoms with Crippen molar-refractivity contribution in [3.8, 4) is 23.0 Å². The van der Waals surface area contributed by atoms with Gasteiger partial charge in [-0.1, -0.05) is 0 Å². The third-order valence-electron chi connectivity index (χ3n) is 4.53. The third kappa shape index (κ3) is 3.12. The van der Waals surface area contributed by atoms with Crippen molar-refractivity contribution in [2.45, 2.75) is 0 Å². The van der Waals surface area contributed by atoms with Crippen molar-refractivity contribution in [1.29, 1.82) is 0 Å². The Kier molecular flexibility index (Phi) is 4.55. The van der Waals surface area contributed by atoms with Crippen LogP contribution in [0.15, 0.2) is 46.6 Å². The minimum absolute atomic E-state index is 0.110. The molecule has 0 saturated heterocycles. The van der Waals surface area contributed by atoms with E-state index in [0.717, 1.165) is 15.6 Å². The second kappa shape index (κ2) is 7.19. The summed E-state index contributed by atoms with van der Waals surface area (Å²) < 4.78 is 16.6. The van der Waals surface area contributed by atoms with Gasteiger partial charge in [0, 0.05) is 17.0 Å². The van der Waals surface area contributed by atoms with E-state index in [9.17, 15) is 9.90 Å². The lowest BCUT2D eigenvalue weighted by molar-refractivity contribution is 0.340. The predicted molar refractivity (Wildman–Crippen MR) is 109 cm³/mol. The van der Waals surface area contributed by atoms with Gasteiger partial charge in [0.05, 0.1) is 33.1 Å². The molecule has 0 aliphatic rings. The molecule has 0 saturated carbocycles. The number of rotatable bonds is 5. The van der Waals surface area contributed by atoms with Crippen molar-refractivity contribution in [1.82, 2.24) is 14.6 Å². The van der Waals surface area contributed by atoms with Crippen LogP contribution < -0.4 is 19.8 Å². The Labute approximate surface area is 164 Å². The van der Waals surface area contributed by atoms with E-state index < -0.39 is 0 Å². The summed E-state index contributed by atoms with van der Waals surface area (Å²) >= 11 is 0. The van der Waals surface area contributed by atoms with E-state index in [0.29, 0.717) is 22.3 Å². The lowest BCUT2D eigenvalue weighted by atomic mass is 10.2. The highest BCUT2D eigenvalue weighted by molar-refractivity contribution is 6.04. The maximum Gasteiger partial charge on any atom is 0.298 e. The summed E-state index contributed by atoms with van der Waals surface area (Å²) in [6, 6.07) is 8.62. The van der Waals surface area contributed by atoms with E-state index in [1.807, 2.05) is 12.1 Å². The third-order valence-corrected chi connectivity index (χ3v) is 4.53. The first-order valence-electron chi connectivity index (χ1n) is 8.62. The number of H-pyrrole nitrogens is 1. The summed E-state index contributed by atoms with van der Waals surface area (Å²) in [7, 11) is 4.45. The number of benzene rings is 2. The first-order valence-corrected chi connectivity index (χ1v) is 8.62. The lowest BCUT2D eigenvalue weighted by Gasteiger charge is -2.09. The molecule has 0 spiro atoms. The number of hydrogen-bond donors (Lipinski definition) is 2. The maximum atomic E-state index is 12.8. The number of fused-ring (bicyclic) bond motifs is 3. The highest BCUT2D eigenvalue weighted by Gasteiger charge is 2.12. The van der Waals surface area contributed by atoms with Crippen LogP contribution in [0.4, 0.5) is 0 Å². The van der Waals surface area contributed by atoms with Gasteiger partial charge in [-0.25, -0.2) is 4.98 Å². The van der Waals surface area contributed by atoms with Gasteiger partial charge in [-0.05, 0) is 24.3 Å². The molecule has 0 unspecified atom stereocenters. The molecule has 29 heavy (non-hydrogen) atoms. The fourth-order valence-electron chi connectivity index (χ4n) is 3.06. The smallest absolute Gasteiger partial charge is 0.298 e. The molecule has 148 valence electrons. The molecule has 4 aromatic rings. The quantitative estimate of drug-likeness (QED) is 0.503. The number of nitrogens with zero attached hydrogens (tertiary/aromatic N) is 3. The van der Waals surface area contributed by atoms with Gasteiger partial charge in [0.2, 0.25) is 5.75 Å². The Hall–Kier alpha value is -4.01. The van der Waals surface area contributed by atoms with E-state index in [-0.39, 0.29) is 22.8 Å². The summed E-state index contributed by atoms with van der Waals surface area (Å²) in [6.45, 7) is 0. The second-order valence-corrected chi connectivity index (χ2v) is 6.17. The Morgan fingerprint density at radius 3 is 2.48 bits per heavy atom. The van der Waals surface area contributed by atoms with Gasteiger partial charge < -0.3 is 24.3 Å². The summed E-state index contributed by atoms with van der Waals surface area (Å²) in [4.78, 5) is 20.3. The monoisotopic (exact) mass is 394 g/mol. The summed E-state index contributed by atoms with van der Waals surface area (Å²) in [5, 5.41) is 15.0. The van der Waals surface area contributed by atoms with Crippen LogP contribution in [-0.4, -0.2) is 47.3 Å². The van der Waals surface area contributed by atoms with E-state index in [1.165, 1.54) is 26.8 Å². The van der Waals surface area contributed by atoms with Crippen molar-refractivity contribution in [2.24, 2.45) is 5.10 Å². The summed E-state index contributed by atoms with van der Waals surface area (Å²) in [5.41, 5.74) is 1.88. The molecular formula is C20H18N4O5. The van der Waals surface area contributed by atoms with Gasteiger partial charge in [-0.15, -0.1) is 0 Å². The van der Waals surface area contributed by atoms with Crippen molar-refractivity contribution < 1.29 is 19.3 Å². The van der Waals surface area contributed by atoms with E-state index in [4.69, 9.17) is 14.2 Å². The second-order valence-electron chi connectivity index (χ2n) is 6.17. The summed E-state index contributed by atoms with van der Waals surface area (Å²) in [6.07, 6.45) is 2.80. The molecule has 0 aliphatic carbocycles. The predicted octanol–water partition coefficient (Wildman–Crippen LogP) is 2.49. The largest absolute Gasteiger partial charge is 0.502 e. The Morgan fingerprint density at radius 1 is 1.10 bits per heavy atom. The Morgan fingerprint density at radius 2 is 1.83 bits per heavy atom. The topological polar surface area (TPSA) is 111 Å². The molecule has 9 heteroatoms. The summed E-state index contributed by atoms with van der Waals surface area (Å²) in [5.74, 6) is 1.03. The average molecular weight is 394 g/mol. The Balaban J connectivity index is 1.78. The minimum Gasteiger partial charge on any atom is -0.502 e. The van der Waals surface area contributed by atoms with Crippen LogP contribution in [0, 0.1) is 0 Å². The van der Waals surface area contributed by atoms with Crippen molar-refractivity contribution in [2.75, 3.05) is 21.3 Å². The standard InChI is InChI=1S/C20H18N4O5/c1-27-12-4-5-13-14(8-12)23-18-17(13)21-10-24(20(18)26)22-9-11-6-15(28-2)19(25)16(7-11)29-3/h4-10,23,25H,1-3H3/b22-9-. The van der Waals surface area contributed by atoms with Crippen LogP contribution >= 0.6 is 0 Å². The van der Waals surface area contributed by atoms with Crippen molar-refractivity contribution in [3.05, 3.63) is 52.6 Å². The van der Waals surface area contributed by atoms with Crippen molar-refractivity contribution >= 4 is 28.2 Å². The van der Waals surface area contributed by atoms with Crippen LogP contribution in [0.2, 0.25) is 0 Å². The van der Waals surface area contributed by atoms with Gasteiger partial charge in [0.25, 0.3) is 5.56 Å². The fourth-order valence-corrected chi connectivity index (χ4v) is 3.06. The number of nitrogens with one attached hydrogen (secondary N) is 1. The number of phenols is 1. The van der Waals surface area contributed by atoms with Crippen LogP contribution in [0.5, 0.6) is 23.0 Å². The van der Waals surface area contributed by atoms with Crippen LogP contribution in [-0.2, 0) is 0 Å². The first-order chi connectivity index (χ1) is 14.0. The lowest BCUT2D eigenvalue weighted by Crippen LogP contribution is -2.17. The molecule has 2 N–H and O–H groups in total. The molecule has 2 aromatic heterocycles. The molecule has 2 heterocycles. The van der Waals surface area contributed by atoms with E-state index in [2.05, 4.69) is 15.1 Å². The zero-order valence-electron chi connectivity index (χ0n) is 16.0. The first kappa shape index (κ1) is 18.4. The maximum absolute atomic E-state index is 12.8. The highest BCUT2D eigenvalue weighted by atomic mass is 16.5. The molecule has 0 aliphatic heterocycles. The molecule has 4 rings (SSSR count). The number of aromatic hydroxyl groups is 1. The van der Waals surface area contributed by atoms with Gasteiger partial charge in [-0.2, -0.15) is 9.78 Å². The molecule has 2 aromatic carbocycles. The number of hydrogen-bond acceptors (Lipinski definition) is 7. The zero-order valence-corrected chi connectivity index (χ0v) is 16.0. The number of aromatic amines is 1. The minimum atomic E-state index is -0.348. The van der Waals surface area contributed by atoms with E-state index >= 15 is 0 Å². The van der Waals surface area contributed by atoms with Gasteiger partial charge in [-0.3, -0.25) is 4.79 Å². The Bertz CT molecular complexity index is 1280. The zero-order chi connectivity index (χ0) is 20.5. The van der Waals surface area contributed by atoms with Gasteiger partial charge in [0.1, 0.15) is 23.1 Å². The fraction of sp³-hybridized carbons (Fsp3) is 0.150. The molecule has 9 nitrogen and oxygen atoms in total. The van der Waals surface area contributed by atoms with E-state index in [1.54, 1.807) is 25.3 Å². The molecular weight excluding hydrogens is 376 g/mol. The molecule has 0 atom stereocenters. The van der Waals surface area contributed by atoms with Crippen molar-refractivity contribution in [3.63, 3.8) is 0 Å². The molecule has 0 bridgehead atoms. The average Bonchev–Trinajstić information content (AvgIpc) is 3.12. The molecule has 0 fully saturated rings. The van der Waals surface area contributed by atoms with Crippen LogP contribution in [0.25, 0.3) is 21.9 Å². The normalized spacial score (nSPS) is 11.4.